The van der Waals surface area contributed by atoms with Gasteiger partial charge in [0.1, 0.15) is 0 Å². The number of hydrogen-bond donors (Lipinski definition) is 0. The molecule has 1 aliphatic rings. The van der Waals surface area contributed by atoms with Gasteiger partial charge in [-0.25, -0.2) is 4.79 Å². The summed E-state index contributed by atoms with van der Waals surface area (Å²) >= 11 is 0. The molecule has 0 atom stereocenters. The molecular weight excluding hydrogens is 258 g/mol. The number of amides is 2. The minimum atomic E-state index is -0.399. The minimum absolute atomic E-state index is 0.204. The predicted octanol–water partition coefficient (Wildman–Crippen LogP) is 2.15. The summed E-state index contributed by atoms with van der Waals surface area (Å²) in [5.74, 6) is -0.530. The van der Waals surface area contributed by atoms with Gasteiger partial charge in [0.25, 0.3) is 0 Å². The zero-order valence-electron chi connectivity index (χ0n) is 11.6. The molecule has 1 heterocycles. The zero-order valence-corrected chi connectivity index (χ0v) is 11.6. The van der Waals surface area contributed by atoms with Gasteiger partial charge in [-0.2, -0.15) is 0 Å². The number of anilines is 1. The van der Waals surface area contributed by atoms with Gasteiger partial charge in [0.15, 0.2) is 0 Å². The molecule has 0 bridgehead atoms. The maximum absolute atomic E-state index is 11.7. The molecule has 0 radical (unpaired) electrons. The van der Waals surface area contributed by atoms with Crippen molar-refractivity contribution in [1.29, 1.82) is 0 Å². The largest absolute Gasteiger partial charge is 0.462 e. The van der Waals surface area contributed by atoms with Crippen LogP contribution in [0.25, 0.3) is 0 Å². The van der Waals surface area contributed by atoms with Crippen molar-refractivity contribution in [3.8, 4) is 0 Å². The van der Waals surface area contributed by atoms with Crippen LogP contribution in [0.1, 0.15) is 37.0 Å². The molecule has 1 aromatic carbocycles. The molecule has 0 N–H and O–H groups in total. The van der Waals surface area contributed by atoms with Crippen LogP contribution in [0.15, 0.2) is 24.3 Å². The molecule has 0 aliphatic carbocycles. The monoisotopic (exact) mass is 275 g/mol. The molecule has 0 unspecified atom stereocenters. The third-order valence-corrected chi connectivity index (χ3v) is 2.96. The van der Waals surface area contributed by atoms with Crippen LogP contribution in [-0.4, -0.2) is 24.4 Å². The Balaban J connectivity index is 2.08. The molecule has 5 heteroatoms. The maximum Gasteiger partial charge on any atom is 0.338 e. The van der Waals surface area contributed by atoms with Crippen LogP contribution >= 0.6 is 0 Å². The van der Waals surface area contributed by atoms with Crippen molar-refractivity contribution in [2.75, 3.05) is 11.5 Å². The normalized spacial score (nSPS) is 15.1. The molecule has 1 fully saturated rings. The van der Waals surface area contributed by atoms with E-state index in [0.717, 1.165) is 4.90 Å². The van der Waals surface area contributed by atoms with E-state index < -0.39 is 5.97 Å². The van der Waals surface area contributed by atoms with E-state index in [-0.39, 0.29) is 30.6 Å². The second-order valence-corrected chi connectivity index (χ2v) is 5.16. The average Bonchev–Trinajstić information content (AvgIpc) is 2.76. The van der Waals surface area contributed by atoms with Crippen molar-refractivity contribution < 1.29 is 19.1 Å². The molecule has 0 spiro atoms. The van der Waals surface area contributed by atoms with Crippen molar-refractivity contribution in [1.82, 2.24) is 0 Å². The highest BCUT2D eigenvalue weighted by atomic mass is 16.5. The van der Waals surface area contributed by atoms with Crippen LogP contribution in [0, 0.1) is 5.92 Å². The van der Waals surface area contributed by atoms with Crippen LogP contribution in [-0.2, 0) is 14.3 Å². The third kappa shape index (κ3) is 3.04. The van der Waals surface area contributed by atoms with Gasteiger partial charge in [-0.05, 0) is 30.2 Å². The van der Waals surface area contributed by atoms with Gasteiger partial charge >= 0.3 is 5.97 Å². The van der Waals surface area contributed by atoms with Gasteiger partial charge in [0.2, 0.25) is 11.8 Å². The minimum Gasteiger partial charge on any atom is -0.462 e. The predicted molar refractivity (Wildman–Crippen MR) is 73.3 cm³/mol. The number of nitrogens with zero attached hydrogens (tertiary/aromatic N) is 1. The molecule has 2 rings (SSSR count). The lowest BCUT2D eigenvalue weighted by molar-refractivity contribution is -0.121. The van der Waals surface area contributed by atoms with Crippen LogP contribution in [0.3, 0.4) is 0 Å². The first kappa shape index (κ1) is 14.2. The molecule has 1 saturated heterocycles. The van der Waals surface area contributed by atoms with Gasteiger partial charge in [0, 0.05) is 12.8 Å². The summed E-state index contributed by atoms with van der Waals surface area (Å²) in [7, 11) is 0. The zero-order chi connectivity index (χ0) is 14.7. The lowest BCUT2D eigenvalue weighted by Crippen LogP contribution is -2.28. The molecule has 0 aromatic heterocycles. The molecular formula is C15H17NO4. The first-order valence-electron chi connectivity index (χ1n) is 6.62. The summed E-state index contributed by atoms with van der Waals surface area (Å²) in [6.45, 7) is 4.28. The second-order valence-electron chi connectivity index (χ2n) is 5.16. The highest BCUT2D eigenvalue weighted by molar-refractivity contribution is 6.19. The van der Waals surface area contributed by atoms with Gasteiger partial charge < -0.3 is 4.74 Å². The summed E-state index contributed by atoms with van der Waals surface area (Å²) in [6, 6.07) is 6.31. The smallest absolute Gasteiger partial charge is 0.338 e. The van der Waals surface area contributed by atoms with E-state index >= 15 is 0 Å². The Morgan fingerprint density at radius 2 is 1.70 bits per heavy atom. The number of hydrogen-bond acceptors (Lipinski definition) is 4. The molecule has 106 valence electrons. The highest BCUT2D eigenvalue weighted by Crippen LogP contribution is 2.22. The Morgan fingerprint density at radius 3 is 2.20 bits per heavy atom. The van der Waals surface area contributed by atoms with Crippen LogP contribution in [0.4, 0.5) is 5.69 Å². The lowest BCUT2D eigenvalue weighted by atomic mass is 10.2. The number of ether oxygens (including phenoxy) is 1. The number of benzene rings is 1. The van der Waals surface area contributed by atoms with Crippen molar-refractivity contribution in [3.63, 3.8) is 0 Å². The second kappa shape index (κ2) is 5.86. The van der Waals surface area contributed by atoms with E-state index in [1.165, 1.54) is 0 Å². The summed E-state index contributed by atoms with van der Waals surface area (Å²) in [5.41, 5.74) is 0.909. The van der Waals surface area contributed by atoms with E-state index in [2.05, 4.69) is 0 Å². The van der Waals surface area contributed by atoms with E-state index in [9.17, 15) is 14.4 Å². The van der Waals surface area contributed by atoms with Crippen molar-refractivity contribution in [2.45, 2.75) is 26.7 Å². The first-order valence-corrected chi connectivity index (χ1v) is 6.62. The Morgan fingerprint density at radius 1 is 1.15 bits per heavy atom. The Bertz CT molecular complexity index is 517. The van der Waals surface area contributed by atoms with Crippen LogP contribution in [0.2, 0.25) is 0 Å². The molecule has 2 amide bonds. The number of imide groups is 1. The topological polar surface area (TPSA) is 63.7 Å². The van der Waals surface area contributed by atoms with Gasteiger partial charge in [0.05, 0.1) is 17.9 Å². The Hall–Kier alpha value is -2.17. The number of carbonyl (C=O) groups is 3. The highest BCUT2D eigenvalue weighted by Gasteiger charge is 2.30. The summed E-state index contributed by atoms with van der Waals surface area (Å²) in [4.78, 5) is 36.1. The first-order chi connectivity index (χ1) is 9.49. The van der Waals surface area contributed by atoms with E-state index in [0.29, 0.717) is 17.9 Å². The third-order valence-electron chi connectivity index (χ3n) is 2.96. The van der Waals surface area contributed by atoms with E-state index in [4.69, 9.17) is 4.74 Å². The molecule has 1 aromatic rings. The molecule has 5 nitrogen and oxygen atoms in total. The maximum atomic E-state index is 11.7. The number of rotatable bonds is 4. The Labute approximate surface area is 117 Å². The molecule has 1 aliphatic heterocycles. The number of carbonyl (C=O) groups excluding carboxylic acids is 3. The van der Waals surface area contributed by atoms with Crippen molar-refractivity contribution in [3.05, 3.63) is 29.8 Å². The van der Waals surface area contributed by atoms with Crippen LogP contribution in [0.5, 0.6) is 0 Å². The van der Waals surface area contributed by atoms with Gasteiger partial charge in [-0.3, -0.25) is 14.5 Å². The fourth-order valence-electron chi connectivity index (χ4n) is 1.94. The van der Waals surface area contributed by atoms with Crippen LogP contribution < -0.4 is 4.90 Å². The Kier molecular flexibility index (Phi) is 4.17. The molecule has 0 saturated carbocycles. The number of esters is 1. The quantitative estimate of drug-likeness (QED) is 0.624. The van der Waals surface area contributed by atoms with Gasteiger partial charge in [-0.1, -0.05) is 13.8 Å². The SMILES string of the molecule is CC(C)COC(=O)c1ccc(N2C(=O)CCC2=O)cc1. The average molecular weight is 275 g/mol. The van der Waals surface area contributed by atoms with Gasteiger partial charge in [-0.15, -0.1) is 0 Å². The fourth-order valence-corrected chi connectivity index (χ4v) is 1.94. The molecule has 20 heavy (non-hydrogen) atoms. The van der Waals surface area contributed by atoms with Crippen molar-refractivity contribution in [2.24, 2.45) is 5.92 Å². The summed E-state index contributed by atoms with van der Waals surface area (Å²) in [6.07, 6.45) is 0.494. The summed E-state index contributed by atoms with van der Waals surface area (Å²) < 4.78 is 5.11. The van der Waals surface area contributed by atoms with Crippen molar-refractivity contribution >= 4 is 23.5 Å². The van der Waals surface area contributed by atoms with E-state index in [1.807, 2.05) is 13.8 Å². The standard InChI is InChI=1S/C15H17NO4/c1-10(2)9-20-15(19)11-3-5-12(6-4-11)16-13(17)7-8-14(16)18/h3-6,10H,7-9H2,1-2H3. The lowest BCUT2D eigenvalue weighted by Gasteiger charge is -2.14. The fraction of sp³-hybridized carbons (Fsp3) is 0.400. The summed E-state index contributed by atoms with van der Waals surface area (Å²) in [5, 5.41) is 0. The van der Waals surface area contributed by atoms with E-state index in [1.54, 1.807) is 24.3 Å².